The molecular formula is C14H17BrO4. The van der Waals surface area contributed by atoms with Gasteiger partial charge in [-0.15, -0.1) is 0 Å². The molecule has 1 aliphatic rings. The minimum Gasteiger partial charge on any atom is -0.461 e. The summed E-state index contributed by atoms with van der Waals surface area (Å²) < 4.78 is 16.5. The van der Waals surface area contributed by atoms with Crippen molar-refractivity contribution in [2.75, 3.05) is 6.61 Å². The van der Waals surface area contributed by atoms with Crippen molar-refractivity contribution in [1.29, 1.82) is 0 Å². The minimum absolute atomic E-state index is 0.307. The lowest BCUT2D eigenvalue weighted by Gasteiger charge is -2.31. The third-order valence-electron chi connectivity index (χ3n) is 2.87. The number of hydrogen-bond acceptors (Lipinski definition) is 4. The molecule has 0 N–H and O–H groups in total. The molecule has 0 saturated carbocycles. The summed E-state index contributed by atoms with van der Waals surface area (Å²) in [6, 6.07) is 7.74. The van der Waals surface area contributed by atoms with E-state index in [1.807, 2.05) is 24.3 Å². The molecule has 2 atom stereocenters. The van der Waals surface area contributed by atoms with E-state index in [4.69, 9.17) is 14.2 Å². The SMILES string of the molecule is CC(=O)OC1CCCOC1Oc1ccc(CBr)cc1. The zero-order valence-corrected chi connectivity index (χ0v) is 12.4. The second-order valence-corrected chi connectivity index (χ2v) is 4.99. The van der Waals surface area contributed by atoms with E-state index in [2.05, 4.69) is 15.9 Å². The van der Waals surface area contributed by atoms with Gasteiger partial charge in [-0.05, 0) is 30.5 Å². The molecular weight excluding hydrogens is 312 g/mol. The summed E-state index contributed by atoms with van der Waals surface area (Å²) in [6.45, 7) is 2.03. The Morgan fingerprint density at radius 3 is 2.79 bits per heavy atom. The average molecular weight is 329 g/mol. The van der Waals surface area contributed by atoms with E-state index >= 15 is 0 Å². The quantitative estimate of drug-likeness (QED) is 0.629. The summed E-state index contributed by atoms with van der Waals surface area (Å²) in [5, 5.41) is 0.809. The summed E-state index contributed by atoms with van der Waals surface area (Å²) in [6.07, 6.45) is 0.791. The van der Waals surface area contributed by atoms with Crippen LogP contribution < -0.4 is 4.74 Å². The van der Waals surface area contributed by atoms with Crippen LogP contribution >= 0.6 is 15.9 Å². The van der Waals surface area contributed by atoms with Gasteiger partial charge in [0.15, 0.2) is 6.10 Å². The lowest BCUT2D eigenvalue weighted by molar-refractivity contribution is -0.195. The van der Waals surface area contributed by atoms with Crippen molar-refractivity contribution in [2.24, 2.45) is 0 Å². The van der Waals surface area contributed by atoms with Gasteiger partial charge in [0, 0.05) is 12.3 Å². The third kappa shape index (κ3) is 4.21. The fourth-order valence-corrected chi connectivity index (χ4v) is 2.33. The fourth-order valence-electron chi connectivity index (χ4n) is 1.96. The van der Waals surface area contributed by atoms with Crippen LogP contribution in [0.25, 0.3) is 0 Å². The first-order chi connectivity index (χ1) is 9.19. The van der Waals surface area contributed by atoms with Crippen LogP contribution in [-0.2, 0) is 19.6 Å². The van der Waals surface area contributed by atoms with Crippen molar-refractivity contribution < 1.29 is 19.0 Å². The maximum Gasteiger partial charge on any atom is 0.303 e. The lowest BCUT2D eigenvalue weighted by atomic mass is 10.1. The average Bonchev–Trinajstić information content (AvgIpc) is 2.41. The molecule has 1 fully saturated rings. The Labute approximate surface area is 121 Å². The molecule has 4 nitrogen and oxygen atoms in total. The molecule has 2 rings (SSSR count). The van der Waals surface area contributed by atoms with E-state index in [1.165, 1.54) is 12.5 Å². The van der Waals surface area contributed by atoms with Crippen LogP contribution in [0.2, 0.25) is 0 Å². The highest BCUT2D eigenvalue weighted by atomic mass is 79.9. The summed E-state index contributed by atoms with van der Waals surface area (Å²) in [5.74, 6) is 0.410. The Hall–Kier alpha value is -1.07. The standard InChI is InChI=1S/C14H17BrO4/c1-10(16)18-13-3-2-8-17-14(13)19-12-6-4-11(9-15)5-7-12/h4-7,13-14H,2-3,8-9H2,1H3. The van der Waals surface area contributed by atoms with Gasteiger partial charge in [0.2, 0.25) is 6.29 Å². The zero-order chi connectivity index (χ0) is 13.7. The number of esters is 1. The predicted octanol–water partition coefficient (Wildman–Crippen LogP) is 3.03. The van der Waals surface area contributed by atoms with Crippen LogP contribution in [0.4, 0.5) is 0 Å². The van der Waals surface area contributed by atoms with Gasteiger partial charge in [0.1, 0.15) is 5.75 Å². The second kappa shape index (κ2) is 6.91. The van der Waals surface area contributed by atoms with Crippen LogP contribution in [0, 0.1) is 0 Å². The van der Waals surface area contributed by atoms with E-state index in [9.17, 15) is 4.79 Å². The number of halogens is 1. The molecule has 0 amide bonds. The van der Waals surface area contributed by atoms with Gasteiger partial charge in [0.25, 0.3) is 0 Å². The molecule has 1 aromatic rings. The topological polar surface area (TPSA) is 44.8 Å². The van der Waals surface area contributed by atoms with Gasteiger partial charge >= 0.3 is 5.97 Å². The van der Waals surface area contributed by atoms with E-state index < -0.39 is 6.29 Å². The Morgan fingerprint density at radius 1 is 1.42 bits per heavy atom. The molecule has 0 bridgehead atoms. The molecule has 1 aromatic carbocycles. The van der Waals surface area contributed by atoms with E-state index in [0.717, 1.165) is 18.2 Å². The van der Waals surface area contributed by atoms with Gasteiger partial charge in [-0.2, -0.15) is 0 Å². The highest BCUT2D eigenvalue weighted by Gasteiger charge is 2.30. The maximum absolute atomic E-state index is 11.1. The molecule has 2 unspecified atom stereocenters. The van der Waals surface area contributed by atoms with Crippen LogP contribution in [-0.4, -0.2) is 25.0 Å². The smallest absolute Gasteiger partial charge is 0.303 e. The van der Waals surface area contributed by atoms with Crippen LogP contribution in [0.15, 0.2) is 24.3 Å². The summed E-state index contributed by atoms with van der Waals surface area (Å²) in [5.41, 5.74) is 1.17. The zero-order valence-electron chi connectivity index (χ0n) is 10.8. The molecule has 0 spiro atoms. The van der Waals surface area contributed by atoms with Gasteiger partial charge in [-0.25, -0.2) is 0 Å². The first-order valence-electron chi connectivity index (χ1n) is 6.29. The van der Waals surface area contributed by atoms with Crippen LogP contribution in [0.1, 0.15) is 25.3 Å². The normalized spacial score (nSPS) is 22.8. The van der Waals surface area contributed by atoms with Crippen molar-refractivity contribution in [3.8, 4) is 5.75 Å². The monoisotopic (exact) mass is 328 g/mol. The number of benzene rings is 1. The third-order valence-corrected chi connectivity index (χ3v) is 3.51. The molecule has 0 aromatic heterocycles. The van der Waals surface area contributed by atoms with Gasteiger partial charge < -0.3 is 14.2 Å². The largest absolute Gasteiger partial charge is 0.461 e. The maximum atomic E-state index is 11.1. The van der Waals surface area contributed by atoms with Crippen LogP contribution in [0.5, 0.6) is 5.75 Å². The predicted molar refractivity (Wildman–Crippen MR) is 74.2 cm³/mol. The Balaban J connectivity index is 1.99. The van der Waals surface area contributed by atoms with E-state index in [1.54, 1.807) is 0 Å². The second-order valence-electron chi connectivity index (χ2n) is 4.42. The van der Waals surface area contributed by atoms with Crippen LogP contribution in [0.3, 0.4) is 0 Å². The first-order valence-corrected chi connectivity index (χ1v) is 7.41. The molecule has 104 valence electrons. The number of alkyl halides is 1. The summed E-state index contributed by atoms with van der Waals surface area (Å²) in [4.78, 5) is 11.1. The fraction of sp³-hybridized carbons (Fsp3) is 0.500. The van der Waals surface area contributed by atoms with Gasteiger partial charge in [-0.1, -0.05) is 28.1 Å². The Bertz CT molecular complexity index is 418. The molecule has 5 heteroatoms. The van der Waals surface area contributed by atoms with Crippen molar-refractivity contribution in [3.05, 3.63) is 29.8 Å². The number of hydrogen-bond donors (Lipinski definition) is 0. The molecule has 0 aliphatic carbocycles. The highest BCUT2D eigenvalue weighted by Crippen LogP contribution is 2.22. The van der Waals surface area contributed by atoms with Crippen molar-refractivity contribution in [2.45, 2.75) is 37.5 Å². The Morgan fingerprint density at radius 2 is 2.16 bits per heavy atom. The minimum atomic E-state index is -0.521. The molecule has 0 radical (unpaired) electrons. The molecule has 1 heterocycles. The number of carbonyl (C=O) groups excluding carboxylic acids is 1. The van der Waals surface area contributed by atoms with Gasteiger partial charge in [0.05, 0.1) is 6.61 Å². The van der Waals surface area contributed by atoms with Crippen molar-refractivity contribution in [3.63, 3.8) is 0 Å². The van der Waals surface area contributed by atoms with E-state index in [-0.39, 0.29) is 12.1 Å². The highest BCUT2D eigenvalue weighted by molar-refractivity contribution is 9.08. The van der Waals surface area contributed by atoms with Crippen molar-refractivity contribution in [1.82, 2.24) is 0 Å². The number of rotatable bonds is 4. The summed E-state index contributed by atoms with van der Waals surface area (Å²) in [7, 11) is 0. The lowest BCUT2D eigenvalue weighted by Crippen LogP contribution is -2.41. The summed E-state index contributed by atoms with van der Waals surface area (Å²) >= 11 is 3.39. The molecule has 1 aliphatic heterocycles. The first kappa shape index (κ1) is 14.3. The Kier molecular flexibility index (Phi) is 5.22. The number of carbonyl (C=O) groups is 1. The molecule has 1 saturated heterocycles. The number of ether oxygens (including phenoxy) is 3. The molecule has 19 heavy (non-hydrogen) atoms. The van der Waals surface area contributed by atoms with Crippen molar-refractivity contribution >= 4 is 21.9 Å². The van der Waals surface area contributed by atoms with Gasteiger partial charge in [-0.3, -0.25) is 4.79 Å². The van der Waals surface area contributed by atoms with E-state index in [0.29, 0.717) is 12.4 Å².